The minimum absolute atomic E-state index is 0. The molecule has 0 unspecified atom stereocenters. The van der Waals surface area contributed by atoms with Crippen molar-refractivity contribution in [3.63, 3.8) is 0 Å². The lowest BCUT2D eigenvalue weighted by atomic mass is 10.0. The van der Waals surface area contributed by atoms with Gasteiger partial charge < -0.3 is 10.1 Å². The third-order valence-corrected chi connectivity index (χ3v) is 4.75. The fraction of sp³-hybridized carbons (Fsp3) is 0.375. The molecular formula is C16H20ClFN2OS. The van der Waals surface area contributed by atoms with Crippen LogP contribution < -0.4 is 10.1 Å². The van der Waals surface area contributed by atoms with Crippen LogP contribution in [0.3, 0.4) is 0 Å². The molecule has 2 heterocycles. The van der Waals surface area contributed by atoms with Crippen LogP contribution >= 0.6 is 23.7 Å². The summed E-state index contributed by atoms with van der Waals surface area (Å²) < 4.78 is 18.8. The van der Waals surface area contributed by atoms with Crippen molar-refractivity contribution in [2.75, 3.05) is 33.3 Å². The van der Waals surface area contributed by atoms with E-state index in [0.717, 1.165) is 31.7 Å². The van der Waals surface area contributed by atoms with Gasteiger partial charge in [-0.3, -0.25) is 4.90 Å². The number of halogens is 2. The molecule has 22 heavy (non-hydrogen) atoms. The highest BCUT2D eigenvalue weighted by atomic mass is 35.5. The molecule has 6 heteroatoms. The Morgan fingerprint density at radius 2 is 2.05 bits per heavy atom. The van der Waals surface area contributed by atoms with Crippen molar-refractivity contribution in [2.24, 2.45) is 0 Å². The number of rotatable bonds is 4. The van der Waals surface area contributed by atoms with Crippen LogP contribution in [0, 0.1) is 5.82 Å². The van der Waals surface area contributed by atoms with E-state index in [-0.39, 0.29) is 24.3 Å². The summed E-state index contributed by atoms with van der Waals surface area (Å²) in [5, 5.41) is 5.46. The quantitative estimate of drug-likeness (QED) is 0.922. The van der Waals surface area contributed by atoms with Crippen molar-refractivity contribution in [3.05, 3.63) is 52.0 Å². The van der Waals surface area contributed by atoms with Crippen LogP contribution in [0.15, 0.2) is 35.7 Å². The fourth-order valence-electron chi connectivity index (χ4n) is 2.79. The molecule has 1 fully saturated rings. The SMILES string of the molecule is COc1cc([C@H](c2cccs2)N2CCNCC2)ccc1F.Cl. The van der Waals surface area contributed by atoms with Crippen molar-refractivity contribution in [3.8, 4) is 5.75 Å². The van der Waals surface area contributed by atoms with Crippen LogP contribution in [-0.4, -0.2) is 38.2 Å². The topological polar surface area (TPSA) is 24.5 Å². The molecular weight excluding hydrogens is 323 g/mol. The molecule has 1 atom stereocenters. The third kappa shape index (κ3) is 3.60. The first kappa shape index (κ1) is 17.2. The molecule has 0 aliphatic carbocycles. The van der Waals surface area contributed by atoms with Gasteiger partial charge in [0.1, 0.15) is 0 Å². The van der Waals surface area contributed by atoms with E-state index in [9.17, 15) is 4.39 Å². The molecule has 3 nitrogen and oxygen atoms in total. The Bertz CT molecular complexity index is 588. The Balaban J connectivity index is 0.00000176. The molecule has 0 bridgehead atoms. The first-order valence-corrected chi connectivity index (χ1v) is 7.99. The Hall–Kier alpha value is -1.14. The van der Waals surface area contributed by atoms with Crippen molar-refractivity contribution in [1.29, 1.82) is 0 Å². The molecule has 0 spiro atoms. The van der Waals surface area contributed by atoms with E-state index < -0.39 is 0 Å². The molecule has 1 N–H and O–H groups in total. The summed E-state index contributed by atoms with van der Waals surface area (Å²) in [6, 6.07) is 9.56. The van der Waals surface area contributed by atoms with Gasteiger partial charge in [-0.15, -0.1) is 23.7 Å². The highest BCUT2D eigenvalue weighted by Crippen LogP contribution is 2.34. The van der Waals surface area contributed by atoms with Crippen LogP contribution in [0.2, 0.25) is 0 Å². The summed E-state index contributed by atoms with van der Waals surface area (Å²) in [7, 11) is 1.51. The lowest BCUT2D eigenvalue weighted by Gasteiger charge is -2.34. The minimum atomic E-state index is -0.313. The lowest BCUT2D eigenvalue weighted by molar-refractivity contribution is 0.200. The molecule has 0 radical (unpaired) electrons. The van der Waals surface area contributed by atoms with Crippen molar-refractivity contribution in [2.45, 2.75) is 6.04 Å². The van der Waals surface area contributed by atoms with E-state index in [1.165, 1.54) is 18.1 Å². The number of nitrogens with zero attached hydrogens (tertiary/aromatic N) is 1. The standard InChI is InChI=1S/C16H19FN2OS.ClH/c1-20-14-11-12(4-5-13(14)17)16(15-3-2-10-21-15)19-8-6-18-7-9-19;/h2-5,10-11,16,18H,6-9H2,1H3;1H/t16-;/m1./s1. The van der Waals surface area contributed by atoms with Gasteiger partial charge in [0, 0.05) is 31.1 Å². The lowest BCUT2D eigenvalue weighted by Crippen LogP contribution is -2.45. The minimum Gasteiger partial charge on any atom is -0.494 e. The zero-order valence-electron chi connectivity index (χ0n) is 12.4. The second kappa shape index (κ2) is 7.92. The zero-order valence-corrected chi connectivity index (χ0v) is 14.1. The number of piperazine rings is 1. The van der Waals surface area contributed by atoms with Crippen molar-refractivity contribution < 1.29 is 9.13 Å². The smallest absolute Gasteiger partial charge is 0.165 e. The highest BCUT2D eigenvalue weighted by Gasteiger charge is 2.25. The first-order chi connectivity index (χ1) is 10.3. The zero-order chi connectivity index (χ0) is 14.7. The molecule has 0 amide bonds. The largest absolute Gasteiger partial charge is 0.494 e. The van der Waals surface area contributed by atoms with E-state index in [0.29, 0.717) is 5.75 Å². The van der Waals surface area contributed by atoms with E-state index >= 15 is 0 Å². The maximum absolute atomic E-state index is 13.7. The van der Waals surface area contributed by atoms with Gasteiger partial charge in [-0.25, -0.2) is 4.39 Å². The average molecular weight is 343 g/mol. The molecule has 1 aromatic carbocycles. The Morgan fingerprint density at radius 1 is 1.27 bits per heavy atom. The monoisotopic (exact) mass is 342 g/mol. The van der Waals surface area contributed by atoms with Gasteiger partial charge in [-0.1, -0.05) is 12.1 Å². The number of benzene rings is 1. The number of thiophene rings is 1. The van der Waals surface area contributed by atoms with Crippen molar-refractivity contribution in [1.82, 2.24) is 10.2 Å². The predicted octanol–water partition coefficient (Wildman–Crippen LogP) is 3.31. The van der Waals surface area contributed by atoms with Crippen LogP contribution in [0.5, 0.6) is 5.75 Å². The molecule has 3 rings (SSSR count). The van der Waals surface area contributed by atoms with E-state index in [4.69, 9.17) is 4.74 Å². The van der Waals surface area contributed by atoms with E-state index in [1.807, 2.05) is 12.1 Å². The maximum atomic E-state index is 13.7. The summed E-state index contributed by atoms with van der Waals surface area (Å²) in [6.45, 7) is 3.95. The van der Waals surface area contributed by atoms with Gasteiger partial charge in [-0.05, 0) is 29.1 Å². The summed E-state index contributed by atoms with van der Waals surface area (Å²) >= 11 is 1.74. The average Bonchev–Trinajstić information content (AvgIpc) is 3.04. The normalized spacial score (nSPS) is 16.8. The summed E-state index contributed by atoms with van der Waals surface area (Å²) in [4.78, 5) is 3.72. The summed E-state index contributed by atoms with van der Waals surface area (Å²) in [5.41, 5.74) is 1.08. The predicted molar refractivity (Wildman–Crippen MR) is 90.8 cm³/mol. The van der Waals surface area contributed by atoms with Gasteiger partial charge in [0.2, 0.25) is 0 Å². The second-order valence-corrected chi connectivity index (χ2v) is 6.08. The van der Waals surface area contributed by atoms with Gasteiger partial charge in [0.25, 0.3) is 0 Å². The van der Waals surface area contributed by atoms with Gasteiger partial charge in [0.15, 0.2) is 11.6 Å². The summed E-state index contributed by atoms with van der Waals surface area (Å²) in [6.07, 6.45) is 0. The number of nitrogens with one attached hydrogen (secondary N) is 1. The molecule has 2 aromatic rings. The molecule has 1 saturated heterocycles. The molecule has 120 valence electrons. The number of hydrogen-bond donors (Lipinski definition) is 1. The Morgan fingerprint density at radius 3 is 2.68 bits per heavy atom. The van der Waals surface area contributed by atoms with Crippen LogP contribution in [0.25, 0.3) is 0 Å². The molecule has 1 aliphatic rings. The number of ether oxygens (including phenoxy) is 1. The third-order valence-electron chi connectivity index (χ3n) is 3.82. The van der Waals surface area contributed by atoms with E-state index in [2.05, 4.69) is 27.7 Å². The number of methoxy groups -OCH3 is 1. The first-order valence-electron chi connectivity index (χ1n) is 7.11. The molecule has 0 saturated carbocycles. The van der Waals surface area contributed by atoms with Crippen LogP contribution in [0.1, 0.15) is 16.5 Å². The van der Waals surface area contributed by atoms with Crippen LogP contribution in [0.4, 0.5) is 4.39 Å². The van der Waals surface area contributed by atoms with Gasteiger partial charge >= 0.3 is 0 Å². The maximum Gasteiger partial charge on any atom is 0.165 e. The molecule has 1 aliphatic heterocycles. The van der Waals surface area contributed by atoms with E-state index in [1.54, 1.807) is 11.3 Å². The highest BCUT2D eigenvalue weighted by molar-refractivity contribution is 7.10. The number of hydrogen-bond acceptors (Lipinski definition) is 4. The second-order valence-electron chi connectivity index (χ2n) is 5.10. The van der Waals surface area contributed by atoms with Gasteiger partial charge in [0.05, 0.1) is 13.2 Å². The Kier molecular flexibility index (Phi) is 6.20. The van der Waals surface area contributed by atoms with Crippen LogP contribution in [-0.2, 0) is 0 Å². The van der Waals surface area contributed by atoms with Crippen molar-refractivity contribution >= 4 is 23.7 Å². The Labute approximate surface area is 140 Å². The fourth-order valence-corrected chi connectivity index (χ4v) is 3.67. The molecule has 1 aromatic heterocycles. The van der Waals surface area contributed by atoms with Gasteiger partial charge in [-0.2, -0.15) is 0 Å². The summed E-state index contributed by atoms with van der Waals surface area (Å²) in [5.74, 6) is -0.00400.